The third-order valence-corrected chi connectivity index (χ3v) is 2.45. The molecule has 0 amide bonds. The van der Waals surface area contributed by atoms with E-state index >= 15 is 0 Å². The lowest BCUT2D eigenvalue weighted by molar-refractivity contribution is -0.0864. The fraction of sp³-hybridized carbons (Fsp3) is 0.900. The van der Waals surface area contributed by atoms with Crippen molar-refractivity contribution < 1.29 is 4.74 Å². The number of likely N-dealkylation sites (N-methyl/N-ethyl adjacent to an activating group) is 1. The van der Waals surface area contributed by atoms with Gasteiger partial charge in [0.1, 0.15) is 6.04 Å². The highest BCUT2D eigenvalue weighted by atomic mass is 16.5. The molecule has 1 fully saturated rings. The van der Waals surface area contributed by atoms with Gasteiger partial charge in [-0.05, 0) is 20.9 Å². The molecule has 0 aromatic heterocycles. The van der Waals surface area contributed by atoms with Crippen molar-refractivity contribution in [3.63, 3.8) is 0 Å². The molecule has 4 nitrogen and oxygen atoms in total. The number of nitrogens with zero attached hydrogens (tertiary/aromatic N) is 2. The largest absolute Gasteiger partial charge is 0.373 e. The summed E-state index contributed by atoms with van der Waals surface area (Å²) in [5.74, 6) is 0. The van der Waals surface area contributed by atoms with E-state index in [2.05, 4.69) is 30.1 Å². The second kappa shape index (κ2) is 4.74. The average molecular weight is 197 g/mol. The molecule has 0 aromatic rings. The number of ether oxygens (including phenoxy) is 1. The van der Waals surface area contributed by atoms with E-state index in [1.807, 2.05) is 7.05 Å². The van der Waals surface area contributed by atoms with Gasteiger partial charge in [-0.25, -0.2) is 0 Å². The van der Waals surface area contributed by atoms with Crippen molar-refractivity contribution in [3.8, 4) is 6.07 Å². The Bertz CT molecular complexity index is 222. The number of morpholine rings is 1. The first-order valence-corrected chi connectivity index (χ1v) is 5.00. The lowest BCUT2D eigenvalue weighted by atomic mass is 10.1. The summed E-state index contributed by atoms with van der Waals surface area (Å²) in [6, 6.07) is 2.15. The van der Waals surface area contributed by atoms with Gasteiger partial charge in [-0.2, -0.15) is 5.26 Å². The molecule has 1 N–H and O–H groups in total. The highest BCUT2D eigenvalue weighted by molar-refractivity contribution is 4.92. The zero-order valence-corrected chi connectivity index (χ0v) is 9.21. The molecule has 0 saturated carbocycles. The molecular formula is C10H19N3O. The maximum Gasteiger partial charge on any atom is 0.108 e. The fourth-order valence-corrected chi connectivity index (χ4v) is 1.72. The van der Waals surface area contributed by atoms with Gasteiger partial charge in [0.2, 0.25) is 0 Å². The molecule has 4 heteroatoms. The van der Waals surface area contributed by atoms with E-state index in [4.69, 9.17) is 10.00 Å². The maximum atomic E-state index is 8.82. The van der Waals surface area contributed by atoms with Crippen molar-refractivity contribution in [1.82, 2.24) is 10.2 Å². The molecule has 0 bridgehead atoms. The van der Waals surface area contributed by atoms with Gasteiger partial charge < -0.3 is 10.1 Å². The molecule has 0 radical (unpaired) electrons. The van der Waals surface area contributed by atoms with Crippen molar-refractivity contribution >= 4 is 0 Å². The number of hydrogen-bond donors (Lipinski definition) is 1. The Morgan fingerprint density at radius 1 is 1.64 bits per heavy atom. The van der Waals surface area contributed by atoms with E-state index in [9.17, 15) is 0 Å². The monoisotopic (exact) mass is 197 g/mol. The molecule has 0 aromatic carbocycles. The van der Waals surface area contributed by atoms with Crippen LogP contribution < -0.4 is 5.32 Å². The molecule has 1 unspecified atom stereocenters. The van der Waals surface area contributed by atoms with Gasteiger partial charge in [-0.15, -0.1) is 0 Å². The molecule has 1 rings (SSSR count). The second-order valence-corrected chi connectivity index (χ2v) is 4.31. The summed E-state index contributed by atoms with van der Waals surface area (Å²) in [5, 5.41) is 11.8. The Morgan fingerprint density at radius 2 is 2.36 bits per heavy atom. The van der Waals surface area contributed by atoms with Gasteiger partial charge >= 0.3 is 0 Å². The molecule has 80 valence electrons. The van der Waals surface area contributed by atoms with E-state index in [1.54, 1.807) is 0 Å². The van der Waals surface area contributed by atoms with Crippen LogP contribution in [0.4, 0.5) is 0 Å². The van der Waals surface area contributed by atoms with Crippen LogP contribution >= 0.6 is 0 Å². The highest BCUT2D eigenvalue weighted by Crippen LogP contribution is 2.16. The van der Waals surface area contributed by atoms with Crippen LogP contribution in [0.15, 0.2) is 0 Å². The molecule has 1 saturated heterocycles. The van der Waals surface area contributed by atoms with Crippen molar-refractivity contribution in [2.24, 2.45) is 0 Å². The van der Waals surface area contributed by atoms with Gasteiger partial charge in [0, 0.05) is 19.6 Å². The Morgan fingerprint density at radius 3 is 2.86 bits per heavy atom. The van der Waals surface area contributed by atoms with Crippen molar-refractivity contribution in [1.29, 1.82) is 5.26 Å². The van der Waals surface area contributed by atoms with Crippen LogP contribution in [-0.2, 0) is 4.74 Å². The number of nitriles is 1. The van der Waals surface area contributed by atoms with Crippen LogP contribution in [0, 0.1) is 11.3 Å². The number of nitrogens with one attached hydrogen (secondary N) is 1. The SMILES string of the molecule is CNC(C#N)CN1CCOC(C)(C)C1. The Balaban J connectivity index is 2.42. The molecule has 14 heavy (non-hydrogen) atoms. The Hall–Kier alpha value is -0.630. The van der Waals surface area contributed by atoms with Crippen molar-refractivity contribution in [2.75, 3.05) is 33.3 Å². The quantitative estimate of drug-likeness (QED) is 0.702. The van der Waals surface area contributed by atoms with E-state index in [0.717, 1.165) is 26.2 Å². The first kappa shape index (κ1) is 11.4. The summed E-state index contributed by atoms with van der Waals surface area (Å²) in [5.41, 5.74) is -0.0774. The summed E-state index contributed by atoms with van der Waals surface area (Å²) in [6.07, 6.45) is 0. The summed E-state index contributed by atoms with van der Waals surface area (Å²) < 4.78 is 5.60. The topological polar surface area (TPSA) is 48.3 Å². The normalized spacial score (nSPS) is 24.1. The van der Waals surface area contributed by atoms with Gasteiger partial charge in [0.25, 0.3) is 0 Å². The standard InChI is InChI=1S/C10H19N3O/c1-10(2)8-13(4-5-14-10)7-9(6-11)12-3/h9,12H,4-5,7-8H2,1-3H3. The van der Waals surface area contributed by atoms with E-state index in [1.165, 1.54) is 0 Å². The third-order valence-electron chi connectivity index (χ3n) is 2.45. The first-order valence-electron chi connectivity index (χ1n) is 5.00. The zero-order chi connectivity index (χ0) is 10.6. The Kier molecular flexibility index (Phi) is 3.87. The van der Waals surface area contributed by atoms with Crippen LogP contribution in [0.2, 0.25) is 0 Å². The summed E-state index contributed by atoms with van der Waals surface area (Å²) in [6.45, 7) is 7.52. The van der Waals surface area contributed by atoms with Gasteiger partial charge in [0.15, 0.2) is 0 Å². The van der Waals surface area contributed by atoms with Gasteiger partial charge in [-0.1, -0.05) is 0 Å². The van der Waals surface area contributed by atoms with E-state index in [0.29, 0.717) is 0 Å². The lowest BCUT2D eigenvalue weighted by Crippen LogP contribution is -2.51. The average Bonchev–Trinajstić information content (AvgIpc) is 2.12. The molecule has 1 aliphatic heterocycles. The molecular weight excluding hydrogens is 178 g/mol. The predicted octanol–water partition coefficient (Wildman–Crippen LogP) is 0.209. The van der Waals surface area contributed by atoms with Crippen LogP contribution in [0.5, 0.6) is 0 Å². The van der Waals surface area contributed by atoms with Gasteiger partial charge in [-0.3, -0.25) is 4.90 Å². The minimum absolute atomic E-state index is 0.0774. The molecule has 1 aliphatic rings. The van der Waals surface area contributed by atoms with Crippen LogP contribution in [-0.4, -0.2) is 49.8 Å². The number of rotatable bonds is 3. The fourth-order valence-electron chi connectivity index (χ4n) is 1.72. The lowest BCUT2D eigenvalue weighted by Gasteiger charge is -2.38. The number of hydrogen-bond acceptors (Lipinski definition) is 4. The molecule has 0 aliphatic carbocycles. The van der Waals surface area contributed by atoms with Crippen LogP contribution in [0.1, 0.15) is 13.8 Å². The van der Waals surface area contributed by atoms with Crippen LogP contribution in [0.25, 0.3) is 0 Å². The van der Waals surface area contributed by atoms with Crippen LogP contribution in [0.3, 0.4) is 0 Å². The highest BCUT2D eigenvalue weighted by Gasteiger charge is 2.27. The first-order chi connectivity index (χ1) is 6.57. The van der Waals surface area contributed by atoms with E-state index < -0.39 is 0 Å². The Labute approximate surface area is 85.8 Å². The molecule has 1 heterocycles. The third kappa shape index (κ3) is 3.26. The van der Waals surface area contributed by atoms with Crippen molar-refractivity contribution in [2.45, 2.75) is 25.5 Å². The molecule has 1 atom stereocenters. The smallest absolute Gasteiger partial charge is 0.108 e. The summed E-state index contributed by atoms with van der Waals surface area (Å²) >= 11 is 0. The minimum atomic E-state index is -0.0797. The van der Waals surface area contributed by atoms with Crippen molar-refractivity contribution in [3.05, 3.63) is 0 Å². The molecule has 0 spiro atoms. The van der Waals surface area contributed by atoms with E-state index in [-0.39, 0.29) is 11.6 Å². The summed E-state index contributed by atoms with van der Waals surface area (Å²) in [7, 11) is 1.82. The maximum absolute atomic E-state index is 8.82. The van der Waals surface area contributed by atoms with Gasteiger partial charge in [0.05, 0.1) is 18.3 Å². The predicted molar refractivity (Wildman–Crippen MR) is 54.9 cm³/mol. The summed E-state index contributed by atoms with van der Waals surface area (Å²) in [4.78, 5) is 2.27. The second-order valence-electron chi connectivity index (χ2n) is 4.31. The minimum Gasteiger partial charge on any atom is -0.373 e. The zero-order valence-electron chi connectivity index (χ0n) is 9.21.